The van der Waals surface area contributed by atoms with Crippen LogP contribution in [-0.2, 0) is 6.18 Å². The van der Waals surface area contributed by atoms with Crippen LogP contribution in [0.15, 0.2) is 42.5 Å². The largest absolute Gasteiger partial charge is 0.478 e. The number of nitro benzene ring substituents is 1. The molecule has 0 atom stereocenters. The molecule has 0 spiro atoms. The molecule has 0 bridgehead atoms. The first-order valence-electron chi connectivity index (χ1n) is 6.05. The van der Waals surface area contributed by atoms with Gasteiger partial charge in [-0.05, 0) is 36.4 Å². The van der Waals surface area contributed by atoms with Crippen LogP contribution in [-0.4, -0.2) is 16.0 Å². The molecule has 0 aliphatic carbocycles. The van der Waals surface area contributed by atoms with Crippen molar-refractivity contribution in [3.63, 3.8) is 0 Å². The summed E-state index contributed by atoms with van der Waals surface area (Å²) in [6, 6.07) is 6.76. The highest BCUT2D eigenvalue weighted by molar-refractivity contribution is 5.87. The molecule has 2 aromatic carbocycles. The van der Waals surface area contributed by atoms with Crippen LogP contribution in [0.25, 0.3) is 0 Å². The van der Waals surface area contributed by atoms with Crippen molar-refractivity contribution in [2.75, 3.05) is 0 Å². The molecule has 6 nitrogen and oxygen atoms in total. The fraction of sp³-hybridized carbons (Fsp3) is 0.0714. The van der Waals surface area contributed by atoms with E-state index in [1.54, 1.807) is 0 Å². The van der Waals surface area contributed by atoms with Gasteiger partial charge in [-0.1, -0.05) is 0 Å². The van der Waals surface area contributed by atoms with Crippen molar-refractivity contribution in [1.82, 2.24) is 0 Å². The molecule has 9 heteroatoms. The number of nitro groups is 1. The standard InChI is InChI=1S/C14H8F3NO5/c15-14(16,17)9-3-6-12(11(7-9)18(21)22)23-10-4-1-8(2-5-10)13(19)20/h1-7H,(H,19,20). The molecular formula is C14H8F3NO5. The quantitative estimate of drug-likeness (QED) is 0.674. The average molecular weight is 327 g/mol. The van der Waals surface area contributed by atoms with E-state index in [1.165, 1.54) is 24.3 Å². The first kappa shape index (κ1) is 16.3. The van der Waals surface area contributed by atoms with Gasteiger partial charge in [0.25, 0.3) is 0 Å². The van der Waals surface area contributed by atoms with Crippen molar-refractivity contribution in [2.24, 2.45) is 0 Å². The fourth-order valence-corrected chi connectivity index (χ4v) is 1.72. The topological polar surface area (TPSA) is 89.7 Å². The van der Waals surface area contributed by atoms with E-state index in [4.69, 9.17) is 9.84 Å². The number of halogens is 3. The number of hydrogen-bond donors (Lipinski definition) is 1. The molecule has 0 unspecified atom stereocenters. The Morgan fingerprint density at radius 3 is 2.22 bits per heavy atom. The van der Waals surface area contributed by atoms with Crippen molar-refractivity contribution in [3.05, 3.63) is 63.7 Å². The van der Waals surface area contributed by atoms with Gasteiger partial charge in [0.05, 0.1) is 16.1 Å². The molecule has 2 aromatic rings. The first-order valence-corrected chi connectivity index (χ1v) is 6.05. The molecule has 0 aliphatic heterocycles. The minimum atomic E-state index is -4.72. The van der Waals surface area contributed by atoms with E-state index >= 15 is 0 Å². The maximum Gasteiger partial charge on any atom is 0.416 e. The Labute approximate surface area is 126 Å². The summed E-state index contributed by atoms with van der Waals surface area (Å²) < 4.78 is 42.9. The Morgan fingerprint density at radius 2 is 1.74 bits per heavy atom. The molecule has 120 valence electrons. The molecule has 0 aromatic heterocycles. The molecule has 0 amide bonds. The summed E-state index contributed by atoms with van der Waals surface area (Å²) >= 11 is 0. The Morgan fingerprint density at radius 1 is 1.13 bits per heavy atom. The Hall–Kier alpha value is -3.10. The Bertz CT molecular complexity index is 756. The number of rotatable bonds is 4. The maximum absolute atomic E-state index is 12.6. The second-order valence-electron chi connectivity index (χ2n) is 4.37. The lowest BCUT2D eigenvalue weighted by molar-refractivity contribution is -0.385. The van der Waals surface area contributed by atoms with Crippen LogP contribution in [0.2, 0.25) is 0 Å². The number of alkyl halides is 3. The van der Waals surface area contributed by atoms with Crippen LogP contribution >= 0.6 is 0 Å². The van der Waals surface area contributed by atoms with Crippen LogP contribution < -0.4 is 4.74 Å². The minimum Gasteiger partial charge on any atom is -0.478 e. The molecule has 1 N–H and O–H groups in total. The summed E-state index contributed by atoms with van der Waals surface area (Å²) in [5.41, 5.74) is -2.04. The molecule has 2 rings (SSSR count). The van der Waals surface area contributed by atoms with Crippen molar-refractivity contribution >= 4 is 11.7 Å². The smallest absolute Gasteiger partial charge is 0.416 e. The maximum atomic E-state index is 12.6. The van der Waals surface area contributed by atoms with Crippen LogP contribution in [0.4, 0.5) is 18.9 Å². The number of carbonyl (C=O) groups is 1. The van der Waals surface area contributed by atoms with Crippen LogP contribution in [0.3, 0.4) is 0 Å². The lowest BCUT2D eigenvalue weighted by Gasteiger charge is -2.10. The zero-order valence-corrected chi connectivity index (χ0v) is 11.2. The molecule has 0 fully saturated rings. The summed E-state index contributed by atoms with van der Waals surface area (Å²) in [6.07, 6.45) is -4.72. The zero-order chi connectivity index (χ0) is 17.2. The SMILES string of the molecule is O=C(O)c1ccc(Oc2ccc(C(F)(F)F)cc2[N+](=O)[O-])cc1. The summed E-state index contributed by atoms with van der Waals surface area (Å²) in [5, 5.41) is 19.7. The molecule has 0 radical (unpaired) electrons. The fourth-order valence-electron chi connectivity index (χ4n) is 1.72. The normalized spacial score (nSPS) is 11.1. The van der Waals surface area contributed by atoms with E-state index in [-0.39, 0.29) is 17.1 Å². The minimum absolute atomic E-state index is 0.0285. The molecule has 0 saturated carbocycles. The third-order valence-electron chi connectivity index (χ3n) is 2.81. The summed E-state index contributed by atoms with van der Waals surface area (Å²) in [4.78, 5) is 20.6. The van der Waals surface area contributed by atoms with Gasteiger partial charge in [-0.3, -0.25) is 10.1 Å². The van der Waals surface area contributed by atoms with Crippen molar-refractivity contribution in [2.45, 2.75) is 6.18 Å². The number of benzene rings is 2. The zero-order valence-electron chi connectivity index (χ0n) is 11.2. The molecular weight excluding hydrogens is 319 g/mol. The summed E-state index contributed by atoms with van der Waals surface area (Å²) in [6.45, 7) is 0. The summed E-state index contributed by atoms with van der Waals surface area (Å²) in [5.74, 6) is -1.50. The van der Waals surface area contributed by atoms with E-state index in [1.807, 2.05) is 0 Å². The van der Waals surface area contributed by atoms with Crippen molar-refractivity contribution in [1.29, 1.82) is 0 Å². The van der Waals surface area contributed by atoms with Gasteiger partial charge in [-0.2, -0.15) is 13.2 Å². The van der Waals surface area contributed by atoms with Crippen LogP contribution in [0.5, 0.6) is 11.5 Å². The highest BCUT2D eigenvalue weighted by Gasteiger charge is 2.33. The number of aromatic carboxylic acids is 1. The van der Waals surface area contributed by atoms with Gasteiger partial charge >= 0.3 is 17.8 Å². The second kappa shape index (κ2) is 5.95. The number of carboxylic acids is 1. The third kappa shape index (κ3) is 3.76. The van der Waals surface area contributed by atoms with Gasteiger partial charge in [-0.15, -0.1) is 0 Å². The molecule has 0 aliphatic rings. The highest BCUT2D eigenvalue weighted by Crippen LogP contribution is 2.37. The number of carboxylic acid groups (broad SMARTS) is 1. The van der Waals surface area contributed by atoms with Gasteiger partial charge in [-0.25, -0.2) is 4.79 Å². The van der Waals surface area contributed by atoms with Gasteiger partial charge in [0.2, 0.25) is 5.75 Å². The molecule has 23 heavy (non-hydrogen) atoms. The van der Waals surface area contributed by atoms with E-state index in [0.29, 0.717) is 12.1 Å². The number of hydrogen-bond acceptors (Lipinski definition) is 4. The predicted octanol–water partition coefficient (Wildman–Crippen LogP) is 4.10. The van der Waals surface area contributed by atoms with Crippen molar-refractivity contribution in [3.8, 4) is 11.5 Å². The predicted molar refractivity (Wildman–Crippen MR) is 71.6 cm³/mol. The van der Waals surface area contributed by atoms with E-state index in [9.17, 15) is 28.1 Å². The monoisotopic (exact) mass is 327 g/mol. The van der Waals surface area contributed by atoms with Gasteiger partial charge in [0, 0.05) is 6.07 Å². The molecule has 0 saturated heterocycles. The average Bonchev–Trinajstić information content (AvgIpc) is 2.46. The summed E-state index contributed by atoms with van der Waals surface area (Å²) in [7, 11) is 0. The highest BCUT2D eigenvalue weighted by atomic mass is 19.4. The Balaban J connectivity index is 2.35. The van der Waals surface area contributed by atoms with Gasteiger partial charge < -0.3 is 9.84 Å². The second-order valence-corrected chi connectivity index (χ2v) is 4.37. The lowest BCUT2D eigenvalue weighted by Crippen LogP contribution is -2.06. The molecule has 0 heterocycles. The number of ether oxygens (including phenoxy) is 1. The Kier molecular flexibility index (Phi) is 4.21. The first-order chi connectivity index (χ1) is 10.7. The third-order valence-corrected chi connectivity index (χ3v) is 2.81. The van der Waals surface area contributed by atoms with E-state index < -0.39 is 28.3 Å². The van der Waals surface area contributed by atoms with Gasteiger partial charge in [0.1, 0.15) is 5.75 Å². The van der Waals surface area contributed by atoms with E-state index in [2.05, 4.69) is 0 Å². The van der Waals surface area contributed by atoms with Crippen LogP contribution in [0.1, 0.15) is 15.9 Å². The van der Waals surface area contributed by atoms with Gasteiger partial charge in [0.15, 0.2) is 0 Å². The lowest BCUT2D eigenvalue weighted by atomic mass is 10.2. The van der Waals surface area contributed by atoms with Crippen molar-refractivity contribution < 1.29 is 32.7 Å². The van der Waals surface area contributed by atoms with Crippen LogP contribution in [0, 0.1) is 10.1 Å². The number of nitrogens with zero attached hydrogens (tertiary/aromatic N) is 1. The van der Waals surface area contributed by atoms with E-state index in [0.717, 1.165) is 6.07 Å².